The number of hydrogen-bond acceptors (Lipinski definition) is 22. The van der Waals surface area contributed by atoms with Crippen molar-refractivity contribution in [3.63, 3.8) is 0 Å². The number of phenolic OH excluding ortho intramolecular Hbond substituents is 1. The van der Waals surface area contributed by atoms with Crippen LogP contribution >= 0.6 is 10.9 Å². The van der Waals surface area contributed by atoms with Gasteiger partial charge in [0.05, 0.1) is 56.0 Å². The number of aromatic nitrogens is 4. The molecule has 6 aromatic rings. The van der Waals surface area contributed by atoms with Gasteiger partial charge >= 0.3 is 45.3 Å². The van der Waals surface area contributed by atoms with Crippen LogP contribution in [0.1, 0.15) is 15.9 Å². The van der Waals surface area contributed by atoms with E-state index < -0.39 is 125 Å². The molecule has 0 spiro atoms. The van der Waals surface area contributed by atoms with Crippen LogP contribution in [0.4, 0.5) is 34.6 Å². The maximum absolute atomic E-state index is 12.9. The minimum atomic E-state index is -5.14. The number of phenols is 1. The van der Waals surface area contributed by atoms with Crippen molar-refractivity contribution < 1.29 is 102 Å². The van der Waals surface area contributed by atoms with Crippen LogP contribution in [0.5, 0.6) is 5.75 Å². The molecule has 374 valence electrons. The second-order valence-electron chi connectivity index (χ2n) is 13.4. The Morgan fingerprint density at radius 1 is 0.729 bits per heavy atom. The predicted octanol–water partition coefficient (Wildman–Crippen LogP) is 3.52. The largest absolute Gasteiger partial charge is 1.00 e. The minimum absolute atomic E-state index is 0. The summed E-state index contributed by atoms with van der Waals surface area (Å²) in [6.07, 6.45) is 2.33. The molecule has 2 heterocycles. The zero-order valence-electron chi connectivity index (χ0n) is 34.3. The molecular formula is C36H31CuN10O18S5. The molecule has 0 aliphatic heterocycles. The summed E-state index contributed by atoms with van der Waals surface area (Å²) in [6.45, 7) is -0.931. The first kappa shape index (κ1) is 54.3. The number of carbonyl (C=O) groups is 1. The summed E-state index contributed by atoms with van der Waals surface area (Å²) in [7, 11) is -23.8. The van der Waals surface area contributed by atoms with E-state index in [9.17, 15) is 71.4 Å². The fourth-order valence-electron chi connectivity index (χ4n) is 5.50. The number of nitrogens with zero attached hydrogens (tertiary/aromatic N) is 8. The van der Waals surface area contributed by atoms with Gasteiger partial charge in [0.15, 0.2) is 21.4 Å². The fraction of sp³-hybridized carbons (Fsp3) is 0.0556. The normalized spacial score (nSPS) is 12.8. The van der Waals surface area contributed by atoms with Gasteiger partial charge in [-0.05, 0) is 64.6 Å². The maximum Gasteiger partial charge on any atom is 1.00 e. The smallest absolute Gasteiger partial charge is 0.573 e. The number of rotatable bonds is 18. The Bertz CT molecular complexity index is 3500. The molecule has 2 aromatic heterocycles. The molecule has 0 saturated carbocycles. The first-order valence-electron chi connectivity index (χ1n) is 18.4. The SMILES string of the molecule is O=C([O-])c1ccc[n+](-c2nc(Nc3cccc(S(=O)(=O)CCOS(=O)(=O)O)c3)nc(Nc3cc(S(=O)(=O)O)cc(N=NC(=N[N-]c4cc(S(O)(O)O)ccc4S(=O)(=O)O)c4ccccc4)c3O)n2)c1.[Cu+]. The van der Waals surface area contributed by atoms with Crippen LogP contribution < -0.4 is 20.3 Å². The molecule has 0 aliphatic rings. The van der Waals surface area contributed by atoms with Gasteiger partial charge < -0.3 is 49.8 Å². The molecular weight excluding hydrogens is 1080 g/mol. The molecule has 0 unspecified atom stereocenters. The van der Waals surface area contributed by atoms with Gasteiger partial charge in [0, 0.05) is 16.8 Å². The van der Waals surface area contributed by atoms with Crippen LogP contribution in [-0.4, -0.2) is 105 Å². The number of sulfone groups is 1. The van der Waals surface area contributed by atoms with E-state index in [0.29, 0.717) is 24.3 Å². The number of amidine groups is 1. The van der Waals surface area contributed by atoms with E-state index in [1.54, 1.807) is 6.07 Å². The standard InChI is InChI=1S/C36H32N10O18S5.Cu/c47-31-28(18-26(67(55,56)57)19-29(31)43-45-32(21-6-2-1-3-7-21)44-42-27-17-25(66(52,53)54)11-12-30(27)68(58,59)60)38-35-39-34(40-36(41-35)46-13-5-8-22(20-46)33(48)49)37-23-9-4-10-24(16-23)65(50,51)15-14-64-69(61,62)63;/h1-13,16-20H,14-15H2,(H10-,37,38,39,40,41,42,43,44,45,47,48,49,52,53,54,55,56,57,58,59,60,61,62,63);/q;+1/p-1. The number of azo groups is 1. The first-order chi connectivity index (χ1) is 32.2. The average Bonchev–Trinajstić information content (AvgIpc) is 3.26. The van der Waals surface area contributed by atoms with E-state index in [4.69, 9.17) is 4.55 Å². The Morgan fingerprint density at radius 2 is 1.40 bits per heavy atom. The summed E-state index contributed by atoms with van der Waals surface area (Å²) < 4.78 is 160. The van der Waals surface area contributed by atoms with Crippen molar-refractivity contribution >= 4 is 97.8 Å². The Kier molecular flexibility index (Phi) is 16.7. The van der Waals surface area contributed by atoms with E-state index >= 15 is 0 Å². The molecule has 0 saturated heterocycles. The second-order valence-corrected chi connectivity index (χ2v) is 21.0. The number of hydrogen-bond donors (Lipinski definition) is 9. The number of aromatic carboxylic acids is 1. The summed E-state index contributed by atoms with van der Waals surface area (Å²) in [6, 6.07) is 18.2. The number of anilines is 4. The summed E-state index contributed by atoms with van der Waals surface area (Å²) in [5.41, 5.74) is 1.43. The van der Waals surface area contributed by atoms with Gasteiger partial charge in [-0.15, -0.1) is 15.2 Å². The predicted molar refractivity (Wildman–Crippen MR) is 237 cm³/mol. The summed E-state index contributed by atoms with van der Waals surface area (Å²) in [4.78, 5) is 21.5. The van der Waals surface area contributed by atoms with Crippen molar-refractivity contribution in [2.24, 2.45) is 15.3 Å². The Hall–Kier alpha value is -6.63. The van der Waals surface area contributed by atoms with E-state index in [1.807, 2.05) is 0 Å². The topological polar surface area (TPSA) is 445 Å². The summed E-state index contributed by atoms with van der Waals surface area (Å²) >= 11 is 0. The van der Waals surface area contributed by atoms with Gasteiger partial charge in [-0.25, -0.2) is 17.2 Å². The van der Waals surface area contributed by atoms with E-state index in [1.165, 1.54) is 54.7 Å². The van der Waals surface area contributed by atoms with Gasteiger partial charge in [0.2, 0.25) is 0 Å². The molecule has 34 heteroatoms. The molecule has 9 N–H and O–H groups in total. The molecule has 28 nitrogen and oxygen atoms in total. The van der Waals surface area contributed by atoms with E-state index in [2.05, 4.69) is 50.5 Å². The maximum atomic E-state index is 12.9. The molecule has 4 aromatic carbocycles. The van der Waals surface area contributed by atoms with Crippen molar-refractivity contribution in [2.45, 2.75) is 19.6 Å². The first-order valence-corrected chi connectivity index (χ1v) is 25.8. The van der Waals surface area contributed by atoms with Gasteiger partial charge in [-0.3, -0.25) is 13.7 Å². The monoisotopic (exact) mass is 1110 g/mol. The van der Waals surface area contributed by atoms with Crippen molar-refractivity contribution in [1.82, 2.24) is 15.0 Å². The Balaban J connectivity index is 0.00000913. The molecule has 0 aliphatic carbocycles. The zero-order valence-corrected chi connectivity index (χ0v) is 39.4. The van der Waals surface area contributed by atoms with Crippen LogP contribution in [-0.2, 0) is 61.7 Å². The van der Waals surface area contributed by atoms with Crippen molar-refractivity contribution in [3.8, 4) is 11.7 Å². The molecule has 0 atom stereocenters. The third kappa shape index (κ3) is 14.5. The summed E-state index contributed by atoms with van der Waals surface area (Å²) in [5, 5.41) is 40.1. The number of nitrogens with one attached hydrogen (secondary N) is 2. The number of carbonyl (C=O) groups excluding carboxylic acids is 1. The van der Waals surface area contributed by atoms with Crippen LogP contribution in [0.15, 0.2) is 144 Å². The van der Waals surface area contributed by atoms with Crippen LogP contribution in [0.25, 0.3) is 11.4 Å². The summed E-state index contributed by atoms with van der Waals surface area (Å²) in [5.74, 6) is -5.23. The molecule has 0 bridgehead atoms. The van der Waals surface area contributed by atoms with Gasteiger partial charge in [-0.1, -0.05) is 48.2 Å². The van der Waals surface area contributed by atoms with Crippen molar-refractivity contribution in [3.05, 3.63) is 126 Å². The zero-order chi connectivity index (χ0) is 50.5. The molecule has 70 heavy (non-hydrogen) atoms. The Morgan fingerprint density at radius 3 is 2.03 bits per heavy atom. The number of benzene rings is 4. The van der Waals surface area contributed by atoms with E-state index in [0.717, 1.165) is 29.0 Å². The third-order valence-electron chi connectivity index (χ3n) is 8.59. The fourth-order valence-corrected chi connectivity index (χ4v) is 8.68. The molecule has 0 radical (unpaired) electrons. The molecule has 6 rings (SSSR count). The van der Waals surface area contributed by atoms with Crippen LogP contribution in [0.2, 0.25) is 0 Å². The second kappa shape index (κ2) is 21.6. The quantitative estimate of drug-likeness (QED) is 0.00868. The van der Waals surface area contributed by atoms with Crippen LogP contribution in [0.3, 0.4) is 0 Å². The number of carboxylic acids is 1. The molecule has 0 fully saturated rings. The van der Waals surface area contributed by atoms with Gasteiger partial charge in [0.1, 0.15) is 16.6 Å². The van der Waals surface area contributed by atoms with Crippen molar-refractivity contribution in [1.29, 1.82) is 0 Å². The average molecular weight is 1120 g/mol. The number of aromatic hydroxyl groups is 1. The van der Waals surface area contributed by atoms with Crippen molar-refractivity contribution in [2.75, 3.05) is 23.0 Å². The molecule has 0 amide bonds. The minimum Gasteiger partial charge on any atom is -0.573 e. The third-order valence-corrected chi connectivity index (χ3v) is 13.4. The number of pyridine rings is 1. The van der Waals surface area contributed by atoms with Gasteiger partial charge in [-0.2, -0.15) is 25.3 Å². The van der Waals surface area contributed by atoms with Crippen LogP contribution in [0, 0.1) is 0 Å². The Labute approximate surface area is 407 Å². The number of carboxylic acid groups (broad SMARTS) is 1. The van der Waals surface area contributed by atoms with Gasteiger partial charge in [0.25, 0.3) is 20.2 Å². The van der Waals surface area contributed by atoms with E-state index in [-0.39, 0.29) is 44.7 Å².